The smallest absolute Gasteiger partial charge is 0.220 e. The van der Waals surface area contributed by atoms with Gasteiger partial charge in [0, 0.05) is 12.5 Å². The van der Waals surface area contributed by atoms with Gasteiger partial charge in [-0.25, -0.2) is 0 Å². The minimum atomic E-state index is 0.106. The van der Waals surface area contributed by atoms with Crippen molar-refractivity contribution in [3.63, 3.8) is 0 Å². The van der Waals surface area contributed by atoms with Crippen LogP contribution in [0.1, 0.15) is 31.7 Å². The van der Waals surface area contributed by atoms with Crippen LogP contribution in [0.5, 0.6) is 5.75 Å². The molecule has 0 radical (unpaired) electrons. The molecule has 0 saturated heterocycles. The lowest BCUT2D eigenvalue weighted by atomic mass is 10.2. The van der Waals surface area contributed by atoms with E-state index in [0.717, 1.165) is 30.7 Å². The average Bonchev–Trinajstić information content (AvgIpc) is 2.43. The molecule has 0 aliphatic rings. The van der Waals surface area contributed by atoms with Crippen molar-refractivity contribution in [1.29, 1.82) is 0 Å². The zero-order valence-corrected chi connectivity index (χ0v) is 13.7. The Balaban J connectivity index is 2.15. The second-order valence-corrected chi connectivity index (χ2v) is 5.78. The maximum Gasteiger partial charge on any atom is 0.220 e. The minimum absolute atomic E-state index is 0.106. The van der Waals surface area contributed by atoms with Crippen molar-refractivity contribution in [1.82, 2.24) is 10.2 Å². The minimum Gasteiger partial charge on any atom is -0.493 e. The first-order valence-corrected chi connectivity index (χ1v) is 7.61. The summed E-state index contributed by atoms with van der Waals surface area (Å²) in [6.45, 7) is 5.63. The molecule has 0 fully saturated rings. The number of hydrogen-bond acceptors (Lipinski definition) is 3. The van der Waals surface area contributed by atoms with Crippen molar-refractivity contribution in [3.8, 4) is 5.75 Å². The highest BCUT2D eigenvalue weighted by molar-refractivity contribution is 5.76. The predicted molar refractivity (Wildman–Crippen MR) is 86.7 cm³/mol. The molecule has 0 aromatic heterocycles. The highest BCUT2D eigenvalue weighted by Crippen LogP contribution is 2.16. The van der Waals surface area contributed by atoms with Gasteiger partial charge in [-0.05, 0) is 59.0 Å². The Kier molecular flexibility index (Phi) is 7.83. The van der Waals surface area contributed by atoms with Gasteiger partial charge in [0.25, 0.3) is 0 Å². The normalized spacial score (nSPS) is 12.2. The number of nitrogens with one attached hydrogen (secondary N) is 1. The Morgan fingerprint density at radius 1 is 1.33 bits per heavy atom. The molecule has 118 valence electrons. The standard InChI is InChI=1S/C17H28N2O2/c1-14-8-5-6-9-16(14)21-13-7-10-17(20)18-15(2)11-12-19(3)4/h5-6,8-9,15H,7,10-13H2,1-4H3,(H,18,20). The summed E-state index contributed by atoms with van der Waals surface area (Å²) in [5.74, 6) is 1.01. The van der Waals surface area contributed by atoms with Crippen LogP contribution in [-0.2, 0) is 4.79 Å². The lowest BCUT2D eigenvalue weighted by Gasteiger charge is -2.16. The number of ether oxygens (including phenoxy) is 1. The summed E-state index contributed by atoms with van der Waals surface area (Å²) >= 11 is 0. The molecule has 0 aliphatic heterocycles. The molecule has 1 N–H and O–H groups in total. The highest BCUT2D eigenvalue weighted by Gasteiger charge is 2.07. The number of benzene rings is 1. The van der Waals surface area contributed by atoms with Crippen LogP contribution in [0.4, 0.5) is 0 Å². The zero-order valence-electron chi connectivity index (χ0n) is 13.7. The van der Waals surface area contributed by atoms with Crippen LogP contribution in [-0.4, -0.2) is 44.1 Å². The van der Waals surface area contributed by atoms with E-state index in [0.29, 0.717) is 13.0 Å². The van der Waals surface area contributed by atoms with Crippen molar-refractivity contribution in [2.24, 2.45) is 0 Å². The molecular weight excluding hydrogens is 264 g/mol. The SMILES string of the molecule is Cc1ccccc1OCCCC(=O)NC(C)CCN(C)C. The summed E-state index contributed by atoms with van der Waals surface area (Å²) in [5, 5.41) is 3.02. The first-order valence-electron chi connectivity index (χ1n) is 7.61. The molecule has 1 amide bonds. The third kappa shape index (κ3) is 7.71. The maximum absolute atomic E-state index is 11.8. The van der Waals surface area contributed by atoms with Gasteiger partial charge in [-0.15, -0.1) is 0 Å². The van der Waals surface area contributed by atoms with Gasteiger partial charge in [0.15, 0.2) is 0 Å². The van der Waals surface area contributed by atoms with Gasteiger partial charge in [-0.2, -0.15) is 0 Å². The van der Waals surface area contributed by atoms with Gasteiger partial charge in [0.2, 0.25) is 5.91 Å². The molecule has 1 rings (SSSR count). The summed E-state index contributed by atoms with van der Waals surface area (Å²) in [5.41, 5.74) is 1.12. The first kappa shape index (κ1) is 17.5. The highest BCUT2D eigenvalue weighted by atomic mass is 16.5. The number of carbonyl (C=O) groups is 1. The third-order valence-electron chi connectivity index (χ3n) is 3.32. The number of amides is 1. The van der Waals surface area contributed by atoms with Crippen LogP contribution in [0.3, 0.4) is 0 Å². The number of para-hydroxylation sites is 1. The van der Waals surface area contributed by atoms with Crippen LogP contribution in [0.15, 0.2) is 24.3 Å². The number of aryl methyl sites for hydroxylation is 1. The fourth-order valence-electron chi connectivity index (χ4n) is 2.00. The van der Waals surface area contributed by atoms with Crippen LogP contribution < -0.4 is 10.1 Å². The van der Waals surface area contributed by atoms with Crippen LogP contribution >= 0.6 is 0 Å². The van der Waals surface area contributed by atoms with Crippen molar-refractivity contribution >= 4 is 5.91 Å². The maximum atomic E-state index is 11.8. The fourth-order valence-corrected chi connectivity index (χ4v) is 2.00. The predicted octanol–water partition coefficient (Wildman–Crippen LogP) is 2.61. The molecule has 0 aliphatic carbocycles. The van der Waals surface area contributed by atoms with Crippen LogP contribution in [0.25, 0.3) is 0 Å². The van der Waals surface area contributed by atoms with E-state index < -0.39 is 0 Å². The fraction of sp³-hybridized carbons (Fsp3) is 0.588. The Morgan fingerprint density at radius 2 is 2.05 bits per heavy atom. The number of carbonyl (C=O) groups excluding carboxylic acids is 1. The Bertz CT molecular complexity index is 433. The molecule has 0 heterocycles. The molecule has 0 saturated carbocycles. The first-order chi connectivity index (χ1) is 9.99. The molecule has 21 heavy (non-hydrogen) atoms. The largest absolute Gasteiger partial charge is 0.493 e. The lowest BCUT2D eigenvalue weighted by molar-refractivity contribution is -0.121. The van der Waals surface area contributed by atoms with E-state index >= 15 is 0 Å². The molecule has 4 nitrogen and oxygen atoms in total. The van der Waals surface area contributed by atoms with Crippen molar-refractivity contribution in [2.75, 3.05) is 27.2 Å². The second-order valence-electron chi connectivity index (χ2n) is 5.78. The second kappa shape index (κ2) is 9.40. The van der Waals surface area contributed by atoms with Crippen LogP contribution in [0, 0.1) is 6.92 Å². The lowest BCUT2D eigenvalue weighted by Crippen LogP contribution is -2.34. The topological polar surface area (TPSA) is 41.6 Å². The van der Waals surface area contributed by atoms with E-state index in [2.05, 4.69) is 10.2 Å². The summed E-state index contributed by atoms with van der Waals surface area (Å²) in [7, 11) is 4.08. The Labute approximate surface area is 128 Å². The van der Waals surface area contributed by atoms with E-state index in [1.54, 1.807) is 0 Å². The third-order valence-corrected chi connectivity index (χ3v) is 3.32. The number of hydrogen-bond donors (Lipinski definition) is 1. The molecule has 4 heteroatoms. The Morgan fingerprint density at radius 3 is 2.71 bits per heavy atom. The zero-order chi connectivity index (χ0) is 15.7. The van der Waals surface area contributed by atoms with Crippen LogP contribution in [0.2, 0.25) is 0 Å². The molecule has 1 atom stereocenters. The van der Waals surface area contributed by atoms with Crippen molar-refractivity contribution < 1.29 is 9.53 Å². The molecule has 1 unspecified atom stereocenters. The van der Waals surface area contributed by atoms with Gasteiger partial charge in [0.05, 0.1) is 6.61 Å². The van der Waals surface area contributed by atoms with Gasteiger partial charge in [-0.3, -0.25) is 4.79 Å². The van der Waals surface area contributed by atoms with E-state index in [4.69, 9.17) is 4.74 Å². The average molecular weight is 292 g/mol. The molecular formula is C17H28N2O2. The van der Waals surface area contributed by atoms with Gasteiger partial charge >= 0.3 is 0 Å². The summed E-state index contributed by atoms with van der Waals surface area (Å²) in [4.78, 5) is 13.9. The summed E-state index contributed by atoms with van der Waals surface area (Å²) in [6.07, 6.45) is 2.22. The summed E-state index contributed by atoms with van der Waals surface area (Å²) < 4.78 is 5.68. The summed E-state index contributed by atoms with van der Waals surface area (Å²) in [6, 6.07) is 8.15. The number of rotatable bonds is 9. The Hall–Kier alpha value is -1.55. The molecule has 0 bridgehead atoms. The van der Waals surface area contributed by atoms with Crippen molar-refractivity contribution in [3.05, 3.63) is 29.8 Å². The van der Waals surface area contributed by atoms with Gasteiger partial charge in [0.1, 0.15) is 5.75 Å². The van der Waals surface area contributed by atoms with E-state index in [9.17, 15) is 4.79 Å². The molecule has 0 spiro atoms. The van der Waals surface area contributed by atoms with E-state index in [1.165, 1.54) is 0 Å². The van der Waals surface area contributed by atoms with Crippen molar-refractivity contribution in [2.45, 2.75) is 39.2 Å². The number of nitrogens with zero attached hydrogens (tertiary/aromatic N) is 1. The monoisotopic (exact) mass is 292 g/mol. The van der Waals surface area contributed by atoms with Gasteiger partial charge in [-0.1, -0.05) is 18.2 Å². The van der Waals surface area contributed by atoms with E-state index in [1.807, 2.05) is 52.2 Å². The molecule has 1 aromatic rings. The van der Waals surface area contributed by atoms with E-state index in [-0.39, 0.29) is 11.9 Å². The quantitative estimate of drug-likeness (QED) is 0.711. The molecule has 1 aromatic carbocycles. The van der Waals surface area contributed by atoms with Gasteiger partial charge < -0.3 is 15.0 Å².